The van der Waals surface area contributed by atoms with E-state index in [0.29, 0.717) is 28.6 Å². The van der Waals surface area contributed by atoms with Gasteiger partial charge in [0, 0.05) is 28.4 Å². The van der Waals surface area contributed by atoms with Crippen molar-refractivity contribution in [2.45, 2.75) is 13.5 Å². The first-order valence-corrected chi connectivity index (χ1v) is 11.9. The number of aromatic nitrogens is 1. The van der Waals surface area contributed by atoms with Crippen molar-refractivity contribution in [3.05, 3.63) is 98.6 Å². The van der Waals surface area contributed by atoms with Crippen molar-refractivity contribution in [3.8, 4) is 5.75 Å². The van der Waals surface area contributed by atoms with Gasteiger partial charge in [-0.05, 0) is 48.7 Å². The van der Waals surface area contributed by atoms with Gasteiger partial charge in [-0.3, -0.25) is 9.59 Å². The van der Waals surface area contributed by atoms with Crippen LogP contribution in [0.4, 0.5) is 11.4 Å². The van der Waals surface area contributed by atoms with Crippen LogP contribution in [0.1, 0.15) is 25.9 Å². The molecule has 0 aliphatic carbocycles. The van der Waals surface area contributed by atoms with Crippen LogP contribution in [0.2, 0.25) is 0 Å². The molecule has 0 atom stereocenters. The average Bonchev–Trinajstić information content (AvgIpc) is 3.49. The zero-order valence-corrected chi connectivity index (χ0v) is 19.4. The van der Waals surface area contributed by atoms with E-state index in [1.54, 1.807) is 47.7 Å². The van der Waals surface area contributed by atoms with Crippen LogP contribution in [-0.2, 0) is 11.4 Å². The molecule has 0 bridgehead atoms. The number of nitrogens with one attached hydrogen (secondary N) is 2. The van der Waals surface area contributed by atoms with Crippen molar-refractivity contribution in [1.29, 1.82) is 0 Å². The Balaban J connectivity index is 1.37. The second-order valence-corrected chi connectivity index (χ2v) is 9.03. The molecule has 0 spiro atoms. The molecular formula is C25H21N3O3S2. The lowest BCUT2D eigenvalue weighted by Crippen LogP contribution is -2.11. The first kappa shape index (κ1) is 22.4. The summed E-state index contributed by atoms with van der Waals surface area (Å²) < 4.78 is 5.89. The molecule has 33 heavy (non-hydrogen) atoms. The van der Waals surface area contributed by atoms with Crippen molar-refractivity contribution < 1.29 is 14.3 Å². The number of amides is 2. The number of thiophene rings is 1. The highest BCUT2D eigenvalue weighted by Crippen LogP contribution is 2.22. The van der Waals surface area contributed by atoms with Gasteiger partial charge in [-0.15, -0.1) is 22.7 Å². The molecule has 6 nitrogen and oxygen atoms in total. The van der Waals surface area contributed by atoms with Gasteiger partial charge in [0.15, 0.2) is 0 Å². The summed E-state index contributed by atoms with van der Waals surface area (Å²) in [6.07, 6.45) is 3.16. The Hall–Kier alpha value is -3.75. The maximum Gasteiger partial charge on any atom is 0.265 e. The molecule has 4 aromatic rings. The predicted octanol–water partition coefficient (Wildman–Crippen LogP) is 6.00. The van der Waals surface area contributed by atoms with Crippen LogP contribution in [0.15, 0.2) is 77.5 Å². The van der Waals surface area contributed by atoms with Crippen LogP contribution in [0.3, 0.4) is 0 Å². The first-order valence-electron chi connectivity index (χ1n) is 10.1. The standard InChI is InChI=1S/C25H21N3O3S2/c1-17-26-21(16-33-17)15-31-22-9-3-2-6-18(22)11-12-24(29)27-19-7-4-8-20(14-19)28-25(30)23-10-5-13-32-23/h2-14,16H,15H2,1H3,(H,27,29)(H,28,30)/b12-11+. The van der Waals surface area contributed by atoms with E-state index in [1.165, 1.54) is 17.4 Å². The van der Waals surface area contributed by atoms with Gasteiger partial charge in [-0.25, -0.2) is 4.98 Å². The van der Waals surface area contributed by atoms with Crippen molar-refractivity contribution in [2.75, 3.05) is 10.6 Å². The highest BCUT2D eigenvalue weighted by atomic mass is 32.1. The zero-order chi connectivity index (χ0) is 23.0. The Morgan fingerprint density at radius 1 is 1.00 bits per heavy atom. The van der Waals surface area contributed by atoms with Gasteiger partial charge in [0.05, 0.1) is 15.6 Å². The van der Waals surface area contributed by atoms with Crippen molar-refractivity contribution in [1.82, 2.24) is 4.98 Å². The minimum atomic E-state index is -0.290. The predicted molar refractivity (Wildman–Crippen MR) is 134 cm³/mol. The average molecular weight is 476 g/mol. The molecule has 166 valence electrons. The maximum absolute atomic E-state index is 12.5. The molecule has 2 heterocycles. The number of ether oxygens (including phenoxy) is 1. The van der Waals surface area contributed by atoms with E-state index in [9.17, 15) is 9.59 Å². The van der Waals surface area contributed by atoms with E-state index in [4.69, 9.17) is 4.74 Å². The van der Waals surface area contributed by atoms with Crippen molar-refractivity contribution in [3.63, 3.8) is 0 Å². The number of carbonyl (C=O) groups excluding carboxylic acids is 2. The van der Waals surface area contributed by atoms with Gasteiger partial charge in [0.25, 0.3) is 5.91 Å². The van der Waals surface area contributed by atoms with Crippen LogP contribution in [0.25, 0.3) is 6.08 Å². The molecular weight excluding hydrogens is 454 g/mol. The Morgan fingerprint density at radius 2 is 1.82 bits per heavy atom. The summed E-state index contributed by atoms with van der Waals surface area (Å²) in [7, 11) is 0. The zero-order valence-electron chi connectivity index (χ0n) is 17.8. The molecule has 4 rings (SSSR count). The van der Waals surface area contributed by atoms with Crippen LogP contribution >= 0.6 is 22.7 Å². The maximum atomic E-state index is 12.5. The van der Waals surface area contributed by atoms with Crippen LogP contribution < -0.4 is 15.4 Å². The van der Waals surface area contributed by atoms with Gasteiger partial charge >= 0.3 is 0 Å². The van der Waals surface area contributed by atoms with Gasteiger partial charge in [0.2, 0.25) is 5.91 Å². The summed E-state index contributed by atoms with van der Waals surface area (Å²) in [5.74, 6) is 0.199. The molecule has 8 heteroatoms. The largest absolute Gasteiger partial charge is 0.487 e. The number of nitrogens with zero attached hydrogens (tertiary/aromatic N) is 1. The summed E-state index contributed by atoms with van der Waals surface area (Å²) >= 11 is 2.95. The van der Waals surface area contributed by atoms with Crippen LogP contribution in [0, 0.1) is 6.92 Å². The first-order chi connectivity index (χ1) is 16.1. The van der Waals surface area contributed by atoms with E-state index in [0.717, 1.165) is 16.3 Å². The Labute approximate surface area is 199 Å². The quantitative estimate of drug-likeness (QED) is 0.307. The van der Waals surface area contributed by atoms with Gasteiger partial charge < -0.3 is 15.4 Å². The minimum absolute atomic E-state index is 0.183. The lowest BCUT2D eigenvalue weighted by atomic mass is 10.2. The van der Waals surface area contributed by atoms with E-state index in [-0.39, 0.29) is 11.8 Å². The molecule has 2 aromatic carbocycles. The number of carbonyl (C=O) groups is 2. The number of thiazole rings is 1. The van der Waals surface area contributed by atoms with E-state index >= 15 is 0 Å². The number of hydrogen-bond acceptors (Lipinski definition) is 6. The third-order valence-corrected chi connectivity index (χ3v) is 6.20. The number of rotatable bonds is 8. The van der Waals surface area contributed by atoms with E-state index in [2.05, 4.69) is 15.6 Å². The topological polar surface area (TPSA) is 80.3 Å². The fraction of sp³-hybridized carbons (Fsp3) is 0.0800. The molecule has 0 unspecified atom stereocenters. The number of para-hydroxylation sites is 1. The van der Waals surface area contributed by atoms with Crippen molar-refractivity contribution in [2.24, 2.45) is 0 Å². The normalized spacial score (nSPS) is 10.8. The fourth-order valence-corrected chi connectivity index (χ4v) is 4.22. The smallest absolute Gasteiger partial charge is 0.265 e. The molecule has 2 amide bonds. The lowest BCUT2D eigenvalue weighted by Gasteiger charge is -2.08. The SMILES string of the molecule is Cc1nc(COc2ccccc2/C=C/C(=O)Nc2cccc(NC(=O)c3cccs3)c2)cs1. The Morgan fingerprint density at radius 3 is 2.58 bits per heavy atom. The highest BCUT2D eigenvalue weighted by molar-refractivity contribution is 7.12. The van der Waals surface area contributed by atoms with Crippen molar-refractivity contribution >= 4 is 51.9 Å². The second-order valence-electron chi connectivity index (χ2n) is 7.02. The number of benzene rings is 2. The van der Waals surface area contributed by atoms with Gasteiger partial charge in [-0.1, -0.05) is 30.3 Å². The molecule has 0 aliphatic heterocycles. The highest BCUT2D eigenvalue weighted by Gasteiger charge is 2.08. The van der Waals surface area contributed by atoms with Gasteiger partial charge in [-0.2, -0.15) is 0 Å². The molecule has 0 fully saturated rings. The number of aryl methyl sites for hydroxylation is 1. The van der Waals surface area contributed by atoms with Crippen LogP contribution in [0.5, 0.6) is 5.75 Å². The fourth-order valence-electron chi connectivity index (χ4n) is 3.00. The lowest BCUT2D eigenvalue weighted by molar-refractivity contribution is -0.111. The molecule has 0 saturated heterocycles. The molecule has 0 saturated carbocycles. The number of anilines is 2. The third kappa shape index (κ3) is 6.38. The summed E-state index contributed by atoms with van der Waals surface area (Å²) in [5, 5.41) is 10.5. The van der Waals surface area contributed by atoms with E-state index in [1.807, 2.05) is 48.0 Å². The summed E-state index contributed by atoms with van der Waals surface area (Å²) in [6.45, 7) is 2.32. The van der Waals surface area contributed by atoms with Gasteiger partial charge in [0.1, 0.15) is 12.4 Å². The molecule has 2 aromatic heterocycles. The summed E-state index contributed by atoms with van der Waals surface area (Å²) in [4.78, 5) is 29.7. The Bertz CT molecular complexity index is 1280. The second kappa shape index (κ2) is 10.7. The number of hydrogen-bond donors (Lipinski definition) is 2. The summed E-state index contributed by atoms with van der Waals surface area (Å²) in [5.41, 5.74) is 2.85. The molecule has 0 aliphatic rings. The minimum Gasteiger partial charge on any atom is -0.487 e. The molecule has 2 N–H and O–H groups in total. The Kier molecular flexibility index (Phi) is 7.29. The van der Waals surface area contributed by atoms with E-state index < -0.39 is 0 Å². The molecule has 0 radical (unpaired) electrons. The third-order valence-electron chi connectivity index (χ3n) is 4.51. The monoisotopic (exact) mass is 475 g/mol. The summed E-state index contributed by atoms with van der Waals surface area (Å²) in [6, 6.07) is 18.1. The van der Waals surface area contributed by atoms with Crippen LogP contribution in [-0.4, -0.2) is 16.8 Å².